The third kappa shape index (κ3) is 2.67. The summed E-state index contributed by atoms with van der Waals surface area (Å²) in [6.07, 6.45) is -4.48. The molecule has 2 nitrogen and oxygen atoms in total. The van der Waals surface area contributed by atoms with Crippen molar-refractivity contribution < 1.29 is 13.2 Å². The third-order valence-electron chi connectivity index (χ3n) is 3.65. The minimum absolute atomic E-state index is 0.322. The van der Waals surface area contributed by atoms with Gasteiger partial charge in [0.05, 0.1) is 17.2 Å². The van der Waals surface area contributed by atoms with Crippen LogP contribution in [0.2, 0.25) is 0 Å². The second kappa shape index (κ2) is 4.76. The van der Waals surface area contributed by atoms with E-state index in [0.29, 0.717) is 17.5 Å². The highest BCUT2D eigenvalue weighted by atomic mass is 19.4. The van der Waals surface area contributed by atoms with Crippen LogP contribution in [0.1, 0.15) is 25.0 Å². The van der Waals surface area contributed by atoms with Crippen molar-refractivity contribution >= 4 is 5.69 Å². The van der Waals surface area contributed by atoms with Gasteiger partial charge in [-0.2, -0.15) is 18.4 Å². The average Bonchev–Trinajstić information content (AvgIpc) is 2.25. The molecule has 0 atom stereocenters. The summed E-state index contributed by atoms with van der Waals surface area (Å²) in [6, 6.07) is 5.51. The highest BCUT2D eigenvalue weighted by molar-refractivity contribution is 5.56. The maximum atomic E-state index is 12.8. The predicted octanol–water partition coefficient (Wildman–Crippen LogP) is 3.67. The van der Waals surface area contributed by atoms with Crippen LogP contribution in [-0.2, 0) is 6.18 Å². The lowest BCUT2D eigenvalue weighted by atomic mass is 9.88. The highest BCUT2D eigenvalue weighted by Crippen LogP contribution is 2.36. The van der Waals surface area contributed by atoms with Crippen molar-refractivity contribution in [1.82, 2.24) is 0 Å². The molecule has 1 aliphatic rings. The van der Waals surface area contributed by atoms with Crippen molar-refractivity contribution in [3.8, 4) is 6.07 Å². The smallest absolute Gasteiger partial charge is 0.371 e. The number of benzene rings is 1. The predicted molar refractivity (Wildman–Crippen MR) is 66.7 cm³/mol. The number of hydrogen-bond donors (Lipinski definition) is 0. The Hall–Kier alpha value is -1.70. The monoisotopic (exact) mass is 268 g/mol. The molecule has 19 heavy (non-hydrogen) atoms. The van der Waals surface area contributed by atoms with E-state index in [2.05, 4.69) is 13.8 Å². The van der Waals surface area contributed by atoms with Gasteiger partial charge in [-0.3, -0.25) is 0 Å². The minimum atomic E-state index is -4.48. The van der Waals surface area contributed by atoms with E-state index in [1.165, 1.54) is 6.07 Å². The van der Waals surface area contributed by atoms with Gasteiger partial charge in [0.25, 0.3) is 0 Å². The lowest BCUT2D eigenvalue weighted by molar-refractivity contribution is -0.137. The minimum Gasteiger partial charge on any atom is -0.371 e. The fourth-order valence-corrected chi connectivity index (χ4v) is 2.21. The SMILES string of the molecule is CC(C)C1CN(c2ccc(C#N)c(C(F)(F)F)c2)C1. The molecule has 0 unspecified atom stereocenters. The van der Waals surface area contributed by atoms with E-state index in [1.54, 1.807) is 12.1 Å². The molecule has 0 spiro atoms. The van der Waals surface area contributed by atoms with Crippen LogP contribution in [0.15, 0.2) is 18.2 Å². The molecular formula is C14H15F3N2. The lowest BCUT2D eigenvalue weighted by Crippen LogP contribution is -2.49. The van der Waals surface area contributed by atoms with Crippen LogP contribution in [0.25, 0.3) is 0 Å². The van der Waals surface area contributed by atoms with E-state index in [0.717, 1.165) is 19.2 Å². The van der Waals surface area contributed by atoms with E-state index < -0.39 is 11.7 Å². The zero-order valence-electron chi connectivity index (χ0n) is 10.8. The molecule has 0 bridgehead atoms. The van der Waals surface area contributed by atoms with Crippen LogP contribution >= 0.6 is 0 Å². The van der Waals surface area contributed by atoms with Gasteiger partial charge in [-0.15, -0.1) is 0 Å². The normalized spacial score (nSPS) is 16.4. The molecule has 5 heteroatoms. The molecule has 0 aromatic heterocycles. The Morgan fingerprint density at radius 1 is 1.32 bits per heavy atom. The van der Waals surface area contributed by atoms with Crippen LogP contribution in [-0.4, -0.2) is 13.1 Å². The van der Waals surface area contributed by atoms with E-state index >= 15 is 0 Å². The Morgan fingerprint density at radius 2 is 1.95 bits per heavy atom. The molecule has 1 aromatic rings. The molecule has 0 aliphatic carbocycles. The van der Waals surface area contributed by atoms with Crippen LogP contribution in [0.5, 0.6) is 0 Å². The van der Waals surface area contributed by atoms with Crippen LogP contribution < -0.4 is 4.90 Å². The highest BCUT2D eigenvalue weighted by Gasteiger charge is 2.35. The number of halogens is 3. The van der Waals surface area contributed by atoms with Gasteiger partial charge in [0.15, 0.2) is 0 Å². The Labute approximate surface area is 110 Å². The van der Waals surface area contributed by atoms with E-state index in [-0.39, 0.29) is 5.56 Å². The summed E-state index contributed by atoms with van der Waals surface area (Å²) in [5.74, 6) is 1.07. The van der Waals surface area contributed by atoms with Crippen molar-refractivity contribution in [2.75, 3.05) is 18.0 Å². The molecule has 0 N–H and O–H groups in total. The molecule has 0 radical (unpaired) electrons. The molecule has 1 aromatic carbocycles. The molecule has 0 amide bonds. The fourth-order valence-electron chi connectivity index (χ4n) is 2.21. The quantitative estimate of drug-likeness (QED) is 0.818. The first-order valence-corrected chi connectivity index (χ1v) is 6.19. The third-order valence-corrected chi connectivity index (χ3v) is 3.65. The van der Waals surface area contributed by atoms with Gasteiger partial charge in [0, 0.05) is 18.8 Å². The number of rotatable bonds is 2. The number of nitrogens with zero attached hydrogens (tertiary/aromatic N) is 2. The maximum absolute atomic E-state index is 12.8. The standard InChI is InChI=1S/C14H15F3N2/c1-9(2)11-7-19(8-11)12-4-3-10(6-18)13(5-12)14(15,16)17/h3-5,9,11H,7-8H2,1-2H3. The Balaban J connectivity index is 2.24. The summed E-state index contributed by atoms with van der Waals surface area (Å²) in [7, 11) is 0. The van der Waals surface area contributed by atoms with Crippen LogP contribution in [0.3, 0.4) is 0 Å². The number of alkyl halides is 3. The van der Waals surface area contributed by atoms with Crippen LogP contribution in [0.4, 0.5) is 18.9 Å². The van der Waals surface area contributed by atoms with Crippen molar-refractivity contribution in [1.29, 1.82) is 5.26 Å². The van der Waals surface area contributed by atoms with Crippen molar-refractivity contribution in [3.05, 3.63) is 29.3 Å². The first-order chi connectivity index (χ1) is 8.82. The molecule has 1 aliphatic heterocycles. The summed E-state index contributed by atoms with van der Waals surface area (Å²) in [5.41, 5.74) is -0.624. The fraction of sp³-hybridized carbons (Fsp3) is 0.500. The largest absolute Gasteiger partial charge is 0.417 e. The molecule has 1 saturated heterocycles. The van der Waals surface area contributed by atoms with Gasteiger partial charge in [-0.05, 0) is 30.0 Å². The zero-order chi connectivity index (χ0) is 14.2. The number of hydrogen-bond acceptors (Lipinski definition) is 2. The number of anilines is 1. The summed E-state index contributed by atoms with van der Waals surface area (Å²) in [4.78, 5) is 1.92. The topological polar surface area (TPSA) is 27.0 Å². The Morgan fingerprint density at radius 3 is 2.42 bits per heavy atom. The Kier molecular flexibility index (Phi) is 3.44. The van der Waals surface area contributed by atoms with E-state index in [4.69, 9.17) is 5.26 Å². The Bertz CT molecular complexity index is 508. The van der Waals surface area contributed by atoms with Crippen LogP contribution in [0, 0.1) is 23.2 Å². The first kappa shape index (κ1) is 13.7. The van der Waals surface area contributed by atoms with Gasteiger partial charge in [0.1, 0.15) is 0 Å². The molecule has 2 rings (SSSR count). The lowest BCUT2D eigenvalue weighted by Gasteiger charge is -2.43. The van der Waals surface area contributed by atoms with Crippen molar-refractivity contribution in [2.24, 2.45) is 11.8 Å². The maximum Gasteiger partial charge on any atom is 0.417 e. The molecule has 1 heterocycles. The number of nitriles is 1. The second-order valence-corrected chi connectivity index (χ2v) is 5.25. The zero-order valence-corrected chi connectivity index (χ0v) is 10.8. The van der Waals surface area contributed by atoms with E-state index in [9.17, 15) is 13.2 Å². The molecular weight excluding hydrogens is 253 g/mol. The summed E-state index contributed by atoms with van der Waals surface area (Å²) in [6.45, 7) is 5.78. The second-order valence-electron chi connectivity index (χ2n) is 5.25. The van der Waals surface area contributed by atoms with Gasteiger partial charge >= 0.3 is 6.18 Å². The van der Waals surface area contributed by atoms with Gasteiger partial charge in [0.2, 0.25) is 0 Å². The molecule has 0 saturated carbocycles. The van der Waals surface area contributed by atoms with Gasteiger partial charge < -0.3 is 4.90 Å². The van der Waals surface area contributed by atoms with Crippen molar-refractivity contribution in [2.45, 2.75) is 20.0 Å². The summed E-state index contributed by atoms with van der Waals surface area (Å²) >= 11 is 0. The van der Waals surface area contributed by atoms with Gasteiger partial charge in [-0.25, -0.2) is 0 Å². The van der Waals surface area contributed by atoms with Crippen molar-refractivity contribution in [3.63, 3.8) is 0 Å². The summed E-state index contributed by atoms with van der Waals surface area (Å²) in [5, 5.41) is 8.73. The molecule has 102 valence electrons. The van der Waals surface area contributed by atoms with E-state index in [1.807, 2.05) is 4.90 Å². The first-order valence-electron chi connectivity index (χ1n) is 6.19. The molecule has 1 fully saturated rings. The average molecular weight is 268 g/mol. The summed E-state index contributed by atoms with van der Waals surface area (Å²) < 4.78 is 38.5. The van der Waals surface area contributed by atoms with Gasteiger partial charge in [-0.1, -0.05) is 13.8 Å².